The Balaban J connectivity index is 1.99. The van der Waals surface area contributed by atoms with Crippen molar-refractivity contribution in [2.75, 3.05) is 20.1 Å². The molecule has 1 aliphatic carbocycles. The van der Waals surface area contributed by atoms with Crippen molar-refractivity contribution in [1.82, 2.24) is 10.2 Å². The molecule has 21 heavy (non-hydrogen) atoms. The zero-order chi connectivity index (χ0) is 14.7. The van der Waals surface area contributed by atoms with Crippen molar-refractivity contribution in [2.45, 2.75) is 44.2 Å². The van der Waals surface area contributed by atoms with Crippen molar-refractivity contribution in [3.63, 3.8) is 0 Å². The summed E-state index contributed by atoms with van der Waals surface area (Å²) in [6.07, 6.45) is 6.52. The van der Waals surface area contributed by atoms with Crippen LogP contribution in [0.1, 0.15) is 49.3 Å². The summed E-state index contributed by atoms with van der Waals surface area (Å²) in [5.74, 6) is 0.604. The molecular formula is C18H25N3. The standard InChI is InChI=1S/C18H25N3/c1-20-13-15-7-4-5-11-21(16-9-10-16)18(15)17-8-3-2-6-14(17)12-19/h2-3,6,8,15-16,18,20H,4-5,7,9-11,13H2,1H3. The van der Waals surface area contributed by atoms with E-state index in [1.165, 1.54) is 44.2 Å². The van der Waals surface area contributed by atoms with Crippen LogP contribution in [-0.4, -0.2) is 31.1 Å². The topological polar surface area (TPSA) is 39.1 Å². The molecule has 2 aliphatic rings. The summed E-state index contributed by atoms with van der Waals surface area (Å²) in [4.78, 5) is 2.70. The smallest absolute Gasteiger partial charge is 0.0995 e. The fourth-order valence-corrected chi connectivity index (χ4v) is 3.85. The highest BCUT2D eigenvalue weighted by Gasteiger charge is 2.39. The number of likely N-dealkylation sites (tertiary alicyclic amines) is 1. The zero-order valence-electron chi connectivity index (χ0n) is 12.9. The molecule has 1 heterocycles. The van der Waals surface area contributed by atoms with Crippen LogP contribution in [0, 0.1) is 17.2 Å². The van der Waals surface area contributed by atoms with E-state index < -0.39 is 0 Å². The van der Waals surface area contributed by atoms with E-state index in [0.717, 1.165) is 18.2 Å². The van der Waals surface area contributed by atoms with Gasteiger partial charge in [0.05, 0.1) is 11.6 Å². The molecule has 0 radical (unpaired) electrons. The molecule has 2 atom stereocenters. The van der Waals surface area contributed by atoms with Crippen LogP contribution < -0.4 is 5.32 Å². The SMILES string of the molecule is CNCC1CCCCN(C2CC2)C1c1ccccc1C#N. The van der Waals surface area contributed by atoms with E-state index in [9.17, 15) is 5.26 Å². The Morgan fingerprint density at radius 2 is 2.05 bits per heavy atom. The summed E-state index contributed by atoms with van der Waals surface area (Å²) in [6, 6.07) is 11.8. The van der Waals surface area contributed by atoms with Crippen molar-refractivity contribution in [3.8, 4) is 6.07 Å². The van der Waals surface area contributed by atoms with E-state index >= 15 is 0 Å². The quantitative estimate of drug-likeness (QED) is 0.923. The van der Waals surface area contributed by atoms with Gasteiger partial charge in [-0.25, -0.2) is 0 Å². The summed E-state index contributed by atoms with van der Waals surface area (Å²) >= 11 is 0. The third-order valence-corrected chi connectivity index (χ3v) is 4.93. The van der Waals surface area contributed by atoms with Crippen LogP contribution in [0.2, 0.25) is 0 Å². The Kier molecular flexibility index (Phi) is 4.57. The normalized spacial score (nSPS) is 27.0. The number of hydrogen-bond donors (Lipinski definition) is 1. The first-order chi connectivity index (χ1) is 10.3. The molecule has 1 aliphatic heterocycles. The molecule has 2 unspecified atom stereocenters. The number of nitrogens with zero attached hydrogens (tertiary/aromatic N) is 2. The van der Waals surface area contributed by atoms with Gasteiger partial charge in [-0.3, -0.25) is 4.90 Å². The maximum atomic E-state index is 9.49. The summed E-state index contributed by atoms with van der Waals surface area (Å²) in [6.45, 7) is 2.23. The average molecular weight is 283 g/mol. The predicted molar refractivity (Wildman–Crippen MR) is 84.9 cm³/mol. The fraction of sp³-hybridized carbons (Fsp3) is 0.611. The van der Waals surface area contributed by atoms with Gasteiger partial charge in [0.25, 0.3) is 0 Å². The zero-order valence-corrected chi connectivity index (χ0v) is 12.9. The van der Waals surface area contributed by atoms with Gasteiger partial charge in [0, 0.05) is 12.1 Å². The van der Waals surface area contributed by atoms with Gasteiger partial charge in [-0.1, -0.05) is 24.6 Å². The van der Waals surface area contributed by atoms with Gasteiger partial charge in [0.1, 0.15) is 0 Å². The van der Waals surface area contributed by atoms with Crippen molar-refractivity contribution in [2.24, 2.45) is 5.92 Å². The molecule has 1 aromatic rings. The second kappa shape index (κ2) is 6.60. The minimum atomic E-state index is 0.406. The predicted octanol–water partition coefficient (Wildman–Crippen LogP) is 3.08. The number of benzene rings is 1. The monoisotopic (exact) mass is 283 g/mol. The number of rotatable bonds is 4. The molecule has 1 saturated carbocycles. The highest BCUT2D eigenvalue weighted by Crippen LogP contribution is 2.42. The van der Waals surface area contributed by atoms with E-state index in [-0.39, 0.29) is 0 Å². The van der Waals surface area contributed by atoms with Crippen molar-refractivity contribution in [1.29, 1.82) is 5.26 Å². The van der Waals surface area contributed by atoms with E-state index in [0.29, 0.717) is 12.0 Å². The summed E-state index contributed by atoms with van der Waals surface area (Å²) in [5, 5.41) is 12.9. The first-order valence-electron chi connectivity index (χ1n) is 8.24. The second-order valence-corrected chi connectivity index (χ2v) is 6.43. The van der Waals surface area contributed by atoms with Crippen LogP contribution >= 0.6 is 0 Å². The Hall–Kier alpha value is -1.37. The minimum Gasteiger partial charge on any atom is -0.319 e. The Labute approximate surface area is 128 Å². The van der Waals surface area contributed by atoms with Crippen molar-refractivity contribution >= 4 is 0 Å². The van der Waals surface area contributed by atoms with E-state index in [1.54, 1.807) is 0 Å². The molecule has 0 aromatic heterocycles. The molecule has 2 fully saturated rings. The second-order valence-electron chi connectivity index (χ2n) is 6.43. The lowest BCUT2D eigenvalue weighted by Gasteiger charge is -2.36. The van der Waals surface area contributed by atoms with Crippen molar-refractivity contribution in [3.05, 3.63) is 35.4 Å². The molecule has 0 amide bonds. The minimum absolute atomic E-state index is 0.406. The van der Waals surface area contributed by atoms with Gasteiger partial charge in [0.15, 0.2) is 0 Å². The molecular weight excluding hydrogens is 258 g/mol. The molecule has 0 bridgehead atoms. The number of hydrogen-bond acceptors (Lipinski definition) is 3. The summed E-state index contributed by atoms with van der Waals surface area (Å²) in [7, 11) is 2.04. The molecule has 3 heteroatoms. The maximum Gasteiger partial charge on any atom is 0.0995 e. The lowest BCUT2D eigenvalue weighted by Crippen LogP contribution is -2.38. The average Bonchev–Trinajstić information content (AvgIpc) is 3.34. The number of nitriles is 1. The summed E-state index contributed by atoms with van der Waals surface area (Å²) < 4.78 is 0. The first-order valence-corrected chi connectivity index (χ1v) is 8.24. The van der Waals surface area contributed by atoms with Crippen LogP contribution in [0.15, 0.2) is 24.3 Å². The van der Waals surface area contributed by atoms with Crippen molar-refractivity contribution < 1.29 is 0 Å². The molecule has 1 saturated heterocycles. The Bertz CT molecular complexity index is 515. The van der Waals surface area contributed by atoms with Gasteiger partial charge in [-0.2, -0.15) is 5.26 Å². The Morgan fingerprint density at radius 1 is 1.24 bits per heavy atom. The van der Waals surface area contributed by atoms with Gasteiger partial charge in [-0.15, -0.1) is 0 Å². The molecule has 1 aromatic carbocycles. The largest absolute Gasteiger partial charge is 0.319 e. The molecule has 3 nitrogen and oxygen atoms in total. The van der Waals surface area contributed by atoms with Crippen LogP contribution in [0.3, 0.4) is 0 Å². The van der Waals surface area contributed by atoms with Crippen LogP contribution in [0.5, 0.6) is 0 Å². The van der Waals surface area contributed by atoms with Crippen LogP contribution in [0.25, 0.3) is 0 Å². The van der Waals surface area contributed by atoms with Gasteiger partial charge < -0.3 is 5.32 Å². The van der Waals surface area contributed by atoms with E-state index in [4.69, 9.17) is 0 Å². The Morgan fingerprint density at radius 3 is 2.76 bits per heavy atom. The third kappa shape index (κ3) is 3.12. The lowest BCUT2D eigenvalue weighted by molar-refractivity contribution is 0.145. The van der Waals surface area contributed by atoms with E-state index in [2.05, 4.69) is 28.4 Å². The molecule has 1 N–H and O–H groups in total. The van der Waals surface area contributed by atoms with Gasteiger partial charge in [0.2, 0.25) is 0 Å². The lowest BCUT2D eigenvalue weighted by atomic mass is 9.86. The molecule has 3 rings (SSSR count). The van der Waals surface area contributed by atoms with Gasteiger partial charge in [-0.05, 0) is 63.4 Å². The van der Waals surface area contributed by atoms with Crippen LogP contribution in [-0.2, 0) is 0 Å². The first kappa shape index (κ1) is 14.6. The number of nitrogens with one attached hydrogen (secondary N) is 1. The highest BCUT2D eigenvalue weighted by atomic mass is 15.2. The van der Waals surface area contributed by atoms with Crippen LogP contribution in [0.4, 0.5) is 0 Å². The molecule has 112 valence electrons. The van der Waals surface area contributed by atoms with E-state index in [1.807, 2.05) is 19.2 Å². The highest BCUT2D eigenvalue weighted by molar-refractivity contribution is 5.40. The summed E-state index contributed by atoms with van der Waals surface area (Å²) in [5.41, 5.74) is 2.10. The molecule has 0 spiro atoms. The third-order valence-electron chi connectivity index (χ3n) is 4.93. The fourth-order valence-electron chi connectivity index (χ4n) is 3.85. The van der Waals surface area contributed by atoms with Gasteiger partial charge >= 0.3 is 0 Å². The maximum absolute atomic E-state index is 9.49.